The van der Waals surface area contributed by atoms with E-state index in [1.54, 1.807) is 11.6 Å². The fraction of sp³-hybridized carbons (Fsp3) is 0.400. The van der Waals surface area contributed by atoms with Gasteiger partial charge >= 0.3 is 0 Å². The van der Waals surface area contributed by atoms with E-state index in [0.29, 0.717) is 5.01 Å². The van der Waals surface area contributed by atoms with E-state index in [0.717, 1.165) is 32.1 Å². The second kappa shape index (κ2) is 7.33. The topological polar surface area (TPSA) is 66.9 Å². The Labute approximate surface area is 142 Å². The monoisotopic (exact) mass is 354 g/mol. The molecule has 1 amide bonds. The van der Waals surface area contributed by atoms with Crippen LogP contribution in [-0.4, -0.2) is 29.0 Å². The second-order valence-electron chi connectivity index (χ2n) is 5.36. The van der Waals surface area contributed by atoms with E-state index in [-0.39, 0.29) is 22.5 Å². The fourth-order valence-corrected chi connectivity index (χ4v) is 3.51. The molecule has 3 rings (SSSR count). The summed E-state index contributed by atoms with van der Waals surface area (Å²) in [6.45, 7) is 1.63. The van der Waals surface area contributed by atoms with Crippen molar-refractivity contribution in [2.75, 3.05) is 13.1 Å². The first-order valence-corrected chi connectivity index (χ1v) is 8.62. The van der Waals surface area contributed by atoms with Crippen molar-refractivity contribution in [2.24, 2.45) is 5.92 Å². The molecule has 8 heteroatoms. The number of thiazole rings is 1. The summed E-state index contributed by atoms with van der Waals surface area (Å²) in [5, 5.41) is 8.74. The minimum absolute atomic E-state index is 0.0703. The number of carbonyl (C=O) groups is 1. The predicted octanol–water partition coefficient (Wildman–Crippen LogP) is 2.54. The molecule has 1 fully saturated rings. The molecule has 2 N–H and O–H groups in total. The molecule has 2 aromatic heterocycles. The Bertz CT molecular complexity index is 676. The van der Waals surface area contributed by atoms with Crippen molar-refractivity contribution in [2.45, 2.75) is 18.9 Å². The summed E-state index contributed by atoms with van der Waals surface area (Å²) >= 11 is 7.25. The maximum atomic E-state index is 14.2. The largest absolute Gasteiger partial charge is 0.342 e. The van der Waals surface area contributed by atoms with E-state index in [4.69, 9.17) is 11.6 Å². The molecule has 0 aliphatic carbocycles. The number of rotatable bonds is 4. The molecule has 2 aromatic rings. The van der Waals surface area contributed by atoms with Crippen molar-refractivity contribution >= 4 is 28.8 Å². The minimum Gasteiger partial charge on any atom is -0.342 e. The van der Waals surface area contributed by atoms with Crippen molar-refractivity contribution in [1.82, 2.24) is 20.6 Å². The lowest BCUT2D eigenvalue weighted by Crippen LogP contribution is -2.40. The molecular formula is C15H16ClFN4OS. The van der Waals surface area contributed by atoms with Crippen LogP contribution in [0.2, 0.25) is 5.15 Å². The van der Waals surface area contributed by atoms with E-state index < -0.39 is 11.9 Å². The van der Waals surface area contributed by atoms with Crippen LogP contribution in [0.15, 0.2) is 23.8 Å². The molecular weight excluding hydrogens is 339 g/mol. The van der Waals surface area contributed by atoms with Gasteiger partial charge in [0.1, 0.15) is 22.0 Å². The first kappa shape index (κ1) is 16.3. The summed E-state index contributed by atoms with van der Waals surface area (Å²) in [4.78, 5) is 20.5. The van der Waals surface area contributed by atoms with Crippen LogP contribution < -0.4 is 10.6 Å². The lowest BCUT2D eigenvalue weighted by molar-refractivity contribution is -0.126. The number of halogens is 2. The minimum atomic E-state index is -0.655. The molecule has 1 unspecified atom stereocenters. The van der Waals surface area contributed by atoms with Crippen molar-refractivity contribution in [3.63, 3.8) is 0 Å². The summed E-state index contributed by atoms with van der Waals surface area (Å²) in [6.07, 6.45) is 4.24. The molecule has 1 aliphatic rings. The Morgan fingerprint density at radius 1 is 1.43 bits per heavy atom. The maximum Gasteiger partial charge on any atom is 0.224 e. The maximum absolute atomic E-state index is 14.2. The van der Waals surface area contributed by atoms with Crippen molar-refractivity contribution in [1.29, 1.82) is 0 Å². The van der Waals surface area contributed by atoms with Crippen LogP contribution in [0.25, 0.3) is 0 Å². The van der Waals surface area contributed by atoms with Crippen LogP contribution in [0.5, 0.6) is 0 Å². The van der Waals surface area contributed by atoms with Gasteiger partial charge in [-0.2, -0.15) is 0 Å². The molecule has 5 nitrogen and oxygen atoms in total. The Balaban J connectivity index is 1.87. The third kappa shape index (κ3) is 3.85. The summed E-state index contributed by atoms with van der Waals surface area (Å²) in [6, 6.07) is 0.781. The van der Waals surface area contributed by atoms with Gasteiger partial charge in [0.25, 0.3) is 0 Å². The molecule has 23 heavy (non-hydrogen) atoms. The van der Waals surface area contributed by atoms with Gasteiger partial charge in [-0.25, -0.2) is 14.4 Å². The SMILES string of the molecule is O=C(NC(c1nccs1)c1cc(Cl)ncc1F)C1CCNCC1. The third-order valence-electron chi connectivity index (χ3n) is 3.86. The standard InChI is InChI=1S/C15H16ClFN4OS/c16-12-7-10(11(17)8-20-12)13(15-19-5-6-23-15)21-14(22)9-1-3-18-4-2-9/h5-9,13,18H,1-4H2,(H,21,22). The number of aromatic nitrogens is 2. The number of hydrogen-bond acceptors (Lipinski definition) is 5. The van der Waals surface area contributed by atoms with E-state index in [1.165, 1.54) is 17.4 Å². The average molecular weight is 355 g/mol. The fourth-order valence-electron chi connectivity index (χ4n) is 2.64. The lowest BCUT2D eigenvalue weighted by Gasteiger charge is -2.25. The first-order chi connectivity index (χ1) is 11.1. The summed E-state index contributed by atoms with van der Waals surface area (Å²) < 4.78 is 14.2. The van der Waals surface area contributed by atoms with Crippen molar-refractivity contribution in [3.8, 4) is 0 Å². The highest BCUT2D eigenvalue weighted by molar-refractivity contribution is 7.09. The second-order valence-corrected chi connectivity index (χ2v) is 6.68. The van der Waals surface area contributed by atoms with Crippen LogP contribution in [0.1, 0.15) is 29.5 Å². The van der Waals surface area contributed by atoms with Crippen LogP contribution in [0, 0.1) is 11.7 Å². The number of nitrogens with one attached hydrogen (secondary N) is 2. The van der Waals surface area contributed by atoms with Gasteiger partial charge < -0.3 is 10.6 Å². The molecule has 1 saturated heterocycles. The average Bonchev–Trinajstić information content (AvgIpc) is 3.10. The van der Waals surface area contributed by atoms with E-state index in [9.17, 15) is 9.18 Å². The Morgan fingerprint density at radius 2 is 2.22 bits per heavy atom. The van der Waals surface area contributed by atoms with Crippen LogP contribution in [0.4, 0.5) is 4.39 Å². The number of amides is 1. The summed E-state index contributed by atoms with van der Waals surface area (Å²) in [5.41, 5.74) is 0.280. The van der Waals surface area contributed by atoms with Gasteiger partial charge in [-0.1, -0.05) is 11.6 Å². The summed E-state index contributed by atoms with van der Waals surface area (Å²) in [7, 11) is 0. The number of hydrogen-bond donors (Lipinski definition) is 2. The Hall–Kier alpha value is -1.57. The van der Waals surface area contributed by atoms with E-state index in [1.807, 2.05) is 0 Å². The number of carbonyl (C=O) groups excluding carboxylic acids is 1. The van der Waals surface area contributed by atoms with Gasteiger partial charge in [0, 0.05) is 23.1 Å². The third-order valence-corrected chi connectivity index (χ3v) is 4.90. The molecule has 0 aromatic carbocycles. The van der Waals surface area contributed by atoms with E-state index >= 15 is 0 Å². The van der Waals surface area contributed by atoms with Crippen molar-refractivity contribution < 1.29 is 9.18 Å². The number of nitrogens with zero attached hydrogens (tertiary/aromatic N) is 2. The molecule has 1 atom stereocenters. The molecule has 1 aliphatic heterocycles. The highest BCUT2D eigenvalue weighted by atomic mass is 35.5. The van der Waals surface area contributed by atoms with Gasteiger partial charge in [0.2, 0.25) is 5.91 Å². The normalized spacial score (nSPS) is 17.0. The zero-order chi connectivity index (χ0) is 16.2. The van der Waals surface area contributed by atoms with Crippen LogP contribution in [0.3, 0.4) is 0 Å². The summed E-state index contributed by atoms with van der Waals surface area (Å²) in [5.74, 6) is -0.668. The molecule has 3 heterocycles. The molecule has 122 valence electrons. The van der Waals surface area contributed by atoms with Gasteiger partial charge in [-0.3, -0.25) is 4.79 Å². The molecule has 0 saturated carbocycles. The lowest BCUT2D eigenvalue weighted by atomic mass is 9.96. The van der Waals surface area contributed by atoms with Crippen molar-refractivity contribution in [3.05, 3.63) is 45.4 Å². The quantitative estimate of drug-likeness (QED) is 0.828. The highest BCUT2D eigenvalue weighted by Crippen LogP contribution is 2.28. The Morgan fingerprint density at radius 3 is 2.91 bits per heavy atom. The molecule has 0 spiro atoms. The molecule has 0 radical (unpaired) electrons. The van der Waals surface area contributed by atoms with Gasteiger partial charge in [0.05, 0.1) is 6.20 Å². The van der Waals surface area contributed by atoms with Crippen LogP contribution in [-0.2, 0) is 4.79 Å². The van der Waals surface area contributed by atoms with Gasteiger partial charge in [0.15, 0.2) is 0 Å². The Kier molecular flexibility index (Phi) is 5.20. The number of piperidine rings is 1. The smallest absolute Gasteiger partial charge is 0.224 e. The first-order valence-electron chi connectivity index (χ1n) is 7.36. The van der Waals surface area contributed by atoms with Gasteiger partial charge in [-0.05, 0) is 32.0 Å². The highest BCUT2D eigenvalue weighted by Gasteiger charge is 2.27. The van der Waals surface area contributed by atoms with Crippen LogP contribution >= 0.6 is 22.9 Å². The zero-order valence-electron chi connectivity index (χ0n) is 12.3. The van der Waals surface area contributed by atoms with E-state index in [2.05, 4.69) is 20.6 Å². The molecule has 0 bridgehead atoms. The van der Waals surface area contributed by atoms with Gasteiger partial charge in [-0.15, -0.1) is 11.3 Å². The zero-order valence-corrected chi connectivity index (χ0v) is 13.8. The number of pyridine rings is 1. The predicted molar refractivity (Wildman–Crippen MR) is 86.9 cm³/mol.